The van der Waals surface area contributed by atoms with Gasteiger partial charge in [-0.2, -0.15) is 5.10 Å². The molecule has 0 heterocycles. The van der Waals surface area contributed by atoms with E-state index in [-0.39, 0.29) is 5.91 Å². The second-order valence-electron chi connectivity index (χ2n) is 1.65. The minimum atomic E-state index is -0.0678. The van der Waals surface area contributed by atoms with E-state index in [1.165, 1.54) is 11.8 Å². The first-order valence-corrected chi connectivity index (χ1v) is 4.34. The van der Waals surface area contributed by atoms with E-state index in [0.717, 1.165) is 0 Å². The molecule has 11 heavy (non-hydrogen) atoms. The van der Waals surface area contributed by atoms with Gasteiger partial charge in [-0.15, -0.1) is 5.10 Å². The van der Waals surface area contributed by atoms with Crippen LogP contribution in [0.1, 0.15) is 13.3 Å². The number of nitrogens with one attached hydrogen (secondary N) is 1. The van der Waals surface area contributed by atoms with E-state index < -0.39 is 0 Å². The molecule has 0 radical (unpaired) electrons. The summed E-state index contributed by atoms with van der Waals surface area (Å²) in [7, 11) is 0. The van der Waals surface area contributed by atoms with Crippen molar-refractivity contribution in [1.29, 1.82) is 0 Å². The molecule has 0 unspecified atom stereocenters. The van der Waals surface area contributed by atoms with Crippen LogP contribution in [0.3, 0.4) is 0 Å². The van der Waals surface area contributed by atoms with Gasteiger partial charge in [0.2, 0.25) is 5.91 Å². The predicted molar refractivity (Wildman–Crippen MR) is 48.9 cm³/mol. The largest absolute Gasteiger partial charge is 0.304 e. The number of rotatable bonds is 2. The maximum atomic E-state index is 10.8. The van der Waals surface area contributed by atoms with Crippen LogP contribution >= 0.6 is 11.8 Å². The molecule has 0 bridgehead atoms. The average molecular weight is 173 g/mol. The molecule has 0 aliphatic heterocycles. The molecule has 0 spiro atoms. The molecule has 0 aromatic heterocycles. The number of amides is 1. The van der Waals surface area contributed by atoms with Crippen molar-refractivity contribution in [2.75, 3.05) is 6.26 Å². The van der Waals surface area contributed by atoms with Gasteiger partial charge in [-0.25, -0.2) is 0 Å². The second kappa shape index (κ2) is 5.91. The first-order chi connectivity index (χ1) is 5.24. The molecule has 0 atom stereocenters. The number of amidine groups is 1. The van der Waals surface area contributed by atoms with Crippen molar-refractivity contribution in [3.05, 3.63) is 0 Å². The molecule has 0 rings (SSSR count). The van der Waals surface area contributed by atoms with Crippen LogP contribution in [0.2, 0.25) is 0 Å². The van der Waals surface area contributed by atoms with Gasteiger partial charge in [0.05, 0.1) is 0 Å². The Morgan fingerprint density at radius 1 is 1.73 bits per heavy atom. The third kappa shape index (κ3) is 4.55. The highest BCUT2D eigenvalue weighted by atomic mass is 32.2. The van der Waals surface area contributed by atoms with E-state index in [0.29, 0.717) is 11.6 Å². The van der Waals surface area contributed by atoms with Gasteiger partial charge >= 0.3 is 0 Å². The van der Waals surface area contributed by atoms with E-state index in [9.17, 15) is 4.79 Å². The maximum absolute atomic E-state index is 10.8. The molecule has 4 nitrogen and oxygen atoms in total. The molecule has 0 saturated carbocycles. The number of thioether (sulfide) groups is 1. The summed E-state index contributed by atoms with van der Waals surface area (Å²) in [4.78, 5) is 10.8. The fourth-order valence-corrected chi connectivity index (χ4v) is 0.744. The molecule has 0 aromatic rings. The summed E-state index contributed by atoms with van der Waals surface area (Å²) in [5, 5.41) is 9.92. The zero-order valence-electron chi connectivity index (χ0n) is 6.63. The monoisotopic (exact) mass is 173 g/mol. The normalized spacial score (nSPS) is 10.9. The van der Waals surface area contributed by atoms with Gasteiger partial charge in [0, 0.05) is 13.1 Å². The second-order valence-corrected chi connectivity index (χ2v) is 2.45. The lowest BCUT2D eigenvalue weighted by Gasteiger charge is -2.00. The number of hydrogen-bond donors (Lipinski definition) is 1. The molecule has 0 aliphatic rings. The average Bonchev–Trinajstić information content (AvgIpc) is 2.03. The standard InChI is InChI=1S/C6H11N3OS/c1-4-5(10)8-6(11-3)9-7-2/h2,4H2,1,3H3,(H,8,9,10). The summed E-state index contributed by atoms with van der Waals surface area (Å²) in [6.45, 7) is 4.95. The Kier molecular flexibility index (Phi) is 5.46. The summed E-state index contributed by atoms with van der Waals surface area (Å²) in [5.41, 5.74) is 0. The highest BCUT2D eigenvalue weighted by Gasteiger charge is 2.00. The summed E-state index contributed by atoms with van der Waals surface area (Å²) in [5.74, 6) is -0.0678. The van der Waals surface area contributed by atoms with Crippen LogP contribution in [0.25, 0.3) is 0 Å². The Hall–Kier alpha value is -0.840. The smallest absolute Gasteiger partial charge is 0.225 e. The minimum absolute atomic E-state index is 0.0678. The summed E-state index contributed by atoms with van der Waals surface area (Å²) >= 11 is 1.32. The van der Waals surface area contributed by atoms with Crippen LogP contribution in [0.15, 0.2) is 10.2 Å². The third-order valence-electron chi connectivity index (χ3n) is 0.922. The molecular formula is C6H11N3OS. The number of nitrogens with zero attached hydrogens (tertiary/aromatic N) is 2. The van der Waals surface area contributed by atoms with Crippen LogP contribution in [-0.2, 0) is 4.79 Å². The zero-order chi connectivity index (χ0) is 8.69. The summed E-state index contributed by atoms with van der Waals surface area (Å²) < 4.78 is 0. The molecule has 62 valence electrons. The van der Waals surface area contributed by atoms with Crippen LogP contribution in [0.5, 0.6) is 0 Å². The van der Waals surface area contributed by atoms with Crippen molar-refractivity contribution in [2.24, 2.45) is 10.2 Å². The van der Waals surface area contributed by atoms with E-state index in [1.54, 1.807) is 13.2 Å². The van der Waals surface area contributed by atoms with Crippen molar-refractivity contribution in [1.82, 2.24) is 5.32 Å². The SMILES string of the molecule is C=N/N=C(/NC(=O)CC)SC. The lowest BCUT2D eigenvalue weighted by molar-refractivity contribution is -0.119. The maximum Gasteiger partial charge on any atom is 0.225 e. The first-order valence-electron chi connectivity index (χ1n) is 3.12. The van der Waals surface area contributed by atoms with Crippen LogP contribution < -0.4 is 5.32 Å². The fourth-order valence-electron chi connectivity index (χ4n) is 0.389. The molecular weight excluding hydrogens is 162 g/mol. The van der Waals surface area contributed by atoms with Crippen LogP contribution in [0, 0.1) is 0 Å². The Morgan fingerprint density at radius 3 is 2.73 bits per heavy atom. The molecule has 1 amide bonds. The van der Waals surface area contributed by atoms with Gasteiger partial charge in [0.15, 0.2) is 5.17 Å². The number of hydrogen-bond acceptors (Lipinski definition) is 4. The van der Waals surface area contributed by atoms with E-state index in [4.69, 9.17) is 0 Å². The molecule has 0 fully saturated rings. The van der Waals surface area contributed by atoms with Crippen molar-refractivity contribution < 1.29 is 4.79 Å². The van der Waals surface area contributed by atoms with Gasteiger partial charge in [-0.1, -0.05) is 18.7 Å². The zero-order valence-corrected chi connectivity index (χ0v) is 7.44. The highest BCUT2D eigenvalue weighted by Crippen LogP contribution is 1.95. The highest BCUT2D eigenvalue weighted by molar-refractivity contribution is 8.13. The Labute approximate surface area is 70.2 Å². The topological polar surface area (TPSA) is 53.8 Å². The van der Waals surface area contributed by atoms with E-state index in [2.05, 4.69) is 22.2 Å². The summed E-state index contributed by atoms with van der Waals surface area (Å²) in [6.07, 6.45) is 2.25. The first kappa shape index (κ1) is 10.2. The number of carbonyl (C=O) groups is 1. The lowest BCUT2D eigenvalue weighted by Crippen LogP contribution is -2.26. The molecule has 0 aliphatic carbocycles. The van der Waals surface area contributed by atoms with Gasteiger partial charge in [0.25, 0.3) is 0 Å². The summed E-state index contributed by atoms with van der Waals surface area (Å²) in [6, 6.07) is 0. The van der Waals surface area contributed by atoms with Crippen molar-refractivity contribution >= 4 is 29.6 Å². The van der Waals surface area contributed by atoms with Crippen molar-refractivity contribution in [3.63, 3.8) is 0 Å². The minimum Gasteiger partial charge on any atom is -0.304 e. The van der Waals surface area contributed by atoms with Gasteiger partial charge in [-0.3, -0.25) is 4.79 Å². The van der Waals surface area contributed by atoms with Gasteiger partial charge in [0.1, 0.15) is 0 Å². The van der Waals surface area contributed by atoms with Gasteiger partial charge < -0.3 is 5.32 Å². The Morgan fingerprint density at radius 2 is 2.36 bits per heavy atom. The molecule has 0 saturated heterocycles. The Balaban J connectivity index is 3.97. The van der Waals surface area contributed by atoms with Gasteiger partial charge in [-0.05, 0) is 6.26 Å². The van der Waals surface area contributed by atoms with Crippen molar-refractivity contribution in [2.45, 2.75) is 13.3 Å². The lowest BCUT2D eigenvalue weighted by atomic mass is 10.5. The fraction of sp³-hybridized carbons (Fsp3) is 0.500. The number of carbonyl (C=O) groups excluding carboxylic acids is 1. The van der Waals surface area contributed by atoms with Crippen LogP contribution in [-0.4, -0.2) is 24.0 Å². The van der Waals surface area contributed by atoms with Crippen LogP contribution in [0.4, 0.5) is 0 Å². The third-order valence-corrected chi connectivity index (χ3v) is 1.49. The predicted octanol–water partition coefficient (Wildman–Crippen LogP) is 0.847. The van der Waals surface area contributed by atoms with Crippen molar-refractivity contribution in [3.8, 4) is 0 Å². The molecule has 5 heteroatoms. The molecule has 0 aromatic carbocycles. The molecule has 1 N–H and O–H groups in total. The van der Waals surface area contributed by atoms with E-state index >= 15 is 0 Å². The quantitative estimate of drug-likeness (QED) is 0.382. The Bertz CT molecular complexity index is 179. The van der Waals surface area contributed by atoms with E-state index in [1.807, 2.05) is 0 Å².